The number of piperidine rings is 1. The first kappa shape index (κ1) is 16.6. The molecule has 0 spiro atoms. The lowest BCUT2D eigenvalue weighted by molar-refractivity contribution is 0.208. The van der Waals surface area contributed by atoms with Crippen LogP contribution in [-0.2, 0) is 5.41 Å². The Morgan fingerprint density at radius 2 is 1.65 bits per heavy atom. The van der Waals surface area contributed by atoms with Gasteiger partial charge in [-0.05, 0) is 55.8 Å². The molecular formula is C20H32N2O. The Morgan fingerprint density at radius 1 is 1.00 bits per heavy atom. The molecule has 1 aromatic carbocycles. The van der Waals surface area contributed by atoms with Crippen molar-refractivity contribution in [2.24, 2.45) is 0 Å². The summed E-state index contributed by atoms with van der Waals surface area (Å²) in [5.74, 6) is 1.02. The molecule has 2 heterocycles. The monoisotopic (exact) mass is 316 g/mol. The van der Waals surface area contributed by atoms with Crippen molar-refractivity contribution in [1.82, 2.24) is 4.90 Å². The maximum atomic E-state index is 5.67. The average Bonchev–Trinajstić information content (AvgIpc) is 3.08. The molecule has 0 saturated carbocycles. The van der Waals surface area contributed by atoms with E-state index in [-0.39, 0.29) is 5.41 Å². The van der Waals surface area contributed by atoms with Crippen LogP contribution in [0, 0.1) is 0 Å². The summed E-state index contributed by atoms with van der Waals surface area (Å²) in [6, 6.07) is 7.57. The van der Waals surface area contributed by atoms with E-state index in [1.165, 1.54) is 63.1 Å². The van der Waals surface area contributed by atoms with Gasteiger partial charge in [0.05, 0.1) is 7.11 Å². The second kappa shape index (κ2) is 6.72. The normalized spacial score (nSPS) is 21.0. The highest BCUT2D eigenvalue weighted by molar-refractivity contribution is 5.55. The van der Waals surface area contributed by atoms with Crippen LogP contribution in [-0.4, -0.2) is 44.2 Å². The van der Waals surface area contributed by atoms with Gasteiger partial charge in [-0.2, -0.15) is 0 Å². The molecule has 2 fully saturated rings. The number of likely N-dealkylation sites (tertiary alicyclic amines) is 1. The Morgan fingerprint density at radius 3 is 2.22 bits per heavy atom. The average molecular weight is 316 g/mol. The van der Waals surface area contributed by atoms with Crippen LogP contribution in [0.1, 0.15) is 52.0 Å². The van der Waals surface area contributed by atoms with Gasteiger partial charge in [0.1, 0.15) is 5.75 Å². The molecule has 3 nitrogen and oxygen atoms in total. The lowest BCUT2D eigenvalue weighted by Gasteiger charge is -2.38. The molecule has 0 N–H and O–H groups in total. The van der Waals surface area contributed by atoms with Gasteiger partial charge in [-0.15, -0.1) is 0 Å². The number of hydrogen-bond acceptors (Lipinski definition) is 3. The number of methoxy groups -OCH3 is 1. The zero-order valence-corrected chi connectivity index (χ0v) is 15.3. The van der Waals surface area contributed by atoms with Crippen LogP contribution in [0.15, 0.2) is 18.2 Å². The summed E-state index contributed by atoms with van der Waals surface area (Å²) in [5.41, 5.74) is 2.72. The Balaban J connectivity index is 1.68. The lowest BCUT2D eigenvalue weighted by atomic mass is 9.86. The van der Waals surface area contributed by atoms with Crippen LogP contribution in [0.5, 0.6) is 5.75 Å². The van der Waals surface area contributed by atoms with E-state index in [4.69, 9.17) is 4.74 Å². The molecule has 0 unspecified atom stereocenters. The Bertz CT molecular complexity index is 521. The first-order valence-corrected chi connectivity index (χ1v) is 9.16. The molecule has 0 amide bonds. The molecule has 0 aromatic heterocycles. The first-order valence-electron chi connectivity index (χ1n) is 9.16. The number of ether oxygens (including phenoxy) is 1. The van der Waals surface area contributed by atoms with E-state index < -0.39 is 0 Å². The molecule has 2 aliphatic rings. The fraction of sp³-hybridized carbons (Fsp3) is 0.700. The maximum Gasteiger partial charge on any atom is 0.124 e. The van der Waals surface area contributed by atoms with Crippen molar-refractivity contribution in [3.05, 3.63) is 23.8 Å². The zero-order valence-electron chi connectivity index (χ0n) is 15.3. The highest BCUT2D eigenvalue weighted by atomic mass is 16.5. The van der Waals surface area contributed by atoms with Gasteiger partial charge in [-0.1, -0.05) is 26.8 Å². The number of benzene rings is 1. The zero-order chi connectivity index (χ0) is 16.4. The molecule has 3 heteroatoms. The van der Waals surface area contributed by atoms with E-state index in [1.807, 2.05) is 0 Å². The summed E-state index contributed by atoms with van der Waals surface area (Å²) in [4.78, 5) is 5.24. The van der Waals surface area contributed by atoms with Gasteiger partial charge in [0.2, 0.25) is 0 Å². The molecule has 0 atom stereocenters. The van der Waals surface area contributed by atoms with Crippen molar-refractivity contribution in [3.63, 3.8) is 0 Å². The summed E-state index contributed by atoms with van der Waals surface area (Å²) in [6.45, 7) is 11.7. The summed E-state index contributed by atoms with van der Waals surface area (Å²) >= 11 is 0. The number of nitrogens with zero attached hydrogens (tertiary/aromatic N) is 2. The van der Waals surface area contributed by atoms with Crippen molar-refractivity contribution < 1.29 is 4.74 Å². The van der Waals surface area contributed by atoms with Crippen LogP contribution >= 0.6 is 0 Å². The summed E-state index contributed by atoms with van der Waals surface area (Å²) in [7, 11) is 1.79. The molecule has 1 aromatic rings. The Labute approximate surface area is 141 Å². The first-order chi connectivity index (χ1) is 11.0. The van der Waals surface area contributed by atoms with E-state index in [1.54, 1.807) is 7.11 Å². The van der Waals surface area contributed by atoms with Crippen molar-refractivity contribution >= 4 is 5.69 Å². The molecular weight excluding hydrogens is 284 g/mol. The van der Waals surface area contributed by atoms with Gasteiger partial charge in [0.15, 0.2) is 0 Å². The summed E-state index contributed by atoms with van der Waals surface area (Å²) in [6.07, 6.45) is 5.38. The highest BCUT2D eigenvalue weighted by Crippen LogP contribution is 2.35. The molecule has 2 aliphatic heterocycles. The predicted molar refractivity (Wildman–Crippen MR) is 97.7 cm³/mol. The second-order valence-corrected chi connectivity index (χ2v) is 8.10. The summed E-state index contributed by atoms with van der Waals surface area (Å²) < 4.78 is 5.67. The van der Waals surface area contributed by atoms with E-state index in [0.29, 0.717) is 0 Å². The van der Waals surface area contributed by atoms with Crippen molar-refractivity contribution in [2.75, 3.05) is 38.2 Å². The van der Waals surface area contributed by atoms with Gasteiger partial charge in [0.25, 0.3) is 0 Å². The molecule has 0 radical (unpaired) electrons. The minimum Gasteiger partial charge on any atom is -0.496 e. The lowest BCUT2D eigenvalue weighted by Crippen LogP contribution is -2.43. The highest BCUT2D eigenvalue weighted by Gasteiger charge is 2.27. The number of hydrogen-bond donors (Lipinski definition) is 0. The van der Waals surface area contributed by atoms with Crippen LogP contribution in [0.3, 0.4) is 0 Å². The number of anilines is 1. The quantitative estimate of drug-likeness (QED) is 0.836. The van der Waals surface area contributed by atoms with Crippen LogP contribution < -0.4 is 9.64 Å². The van der Waals surface area contributed by atoms with E-state index in [9.17, 15) is 0 Å². The molecule has 0 bridgehead atoms. The fourth-order valence-corrected chi connectivity index (χ4v) is 4.09. The SMILES string of the molecule is COc1cc(N2CCC(N3CCCC3)CC2)ccc1C(C)(C)C. The van der Waals surface area contributed by atoms with Crippen molar-refractivity contribution in [1.29, 1.82) is 0 Å². The van der Waals surface area contributed by atoms with E-state index >= 15 is 0 Å². The molecule has 128 valence electrons. The fourth-order valence-electron chi connectivity index (χ4n) is 4.09. The summed E-state index contributed by atoms with van der Waals surface area (Å²) in [5, 5.41) is 0. The molecule has 3 rings (SSSR count). The largest absolute Gasteiger partial charge is 0.496 e. The smallest absolute Gasteiger partial charge is 0.124 e. The minimum absolute atomic E-state index is 0.118. The van der Waals surface area contributed by atoms with Gasteiger partial charge in [0, 0.05) is 30.9 Å². The van der Waals surface area contributed by atoms with Crippen LogP contribution in [0.2, 0.25) is 0 Å². The van der Waals surface area contributed by atoms with Crippen molar-refractivity contribution in [3.8, 4) is 5.75 Å². The van der Waals surface area contributed by atoms with Gasteiger partial charge in [-0.25, -0.2) is 0 Å². The standard InChI is InChI=1S/C20H32N2O/c1-20(2,3)18-8-7-17(15-19(18)23-4)22-13-9-16(10-14-22)21-11-5-6-12-21/h7-8,15-16H,5-6,9-14H2,1-4H3. The molecule has 2 saturated heterocycles. The minimum atomic E-state index is 0.118. The van der Waals surface area contributed by atoms with Gasteiger partial charge in [-0.3, -0.25) is 0 Å². The third kappa shape index (κ3) is 3.65. The third-order valence-corrected chi connectivity index (χ3v) is 5.48. The van der Waals surface area contributed by atoms with Crippen molar-refractivity contribution in [2.45, 2.75) is 57.9 Å². The Hall–Kier alpha value is -1.22. The van der Waals surface area contributed by atoms with E-state index in [2.05, 4.69) is 48.8 Å². The second-order valence-electron chi connectivity index (χ2n) is 8.10. The van der Waals surface area contributed by atoms with Gasteiger partial charge >= 0.3 is 0 Å². The van der Waals surface area contributed by atoms with Crippen LogP contribution in [0.4, 0.5) is 5.69 Å². The molecule has 0 aliphatic carbocycles. The predicted octanol–water partition coefficient (Wildman–Crippen LogP) is 4.06. The van der Waals surface area contributed by atoms with E-state index in [0.717, 1.165) is 11.8 Å². The topological polar surface area (TPSA) is 15.7 Å². The maximum absolute atomic E-state index is 5.67. The van der Waals surface area contributed by atoms with Crippen LogP contribution in [0.25, 0.3) is 0 Å². The number of rotatable bonds is 3. The van der Waals surface area contributed by atoms with Gasteiger partial charge < -0.3 is 14.5 Å². The Kier molecular flexibility index (Phi) is 4.86. The molecule has 23 heavy (non-hydrogen) atoms. The third-order valence-electron chi connectivity index (χ3n) is 5.48.